The maximum absolute atomic E-state index is 11.7. The van der Waals surface area contributed by atoms with E-state index >= 15 is 0 Å². The SMILES string of the molecule is O=C(Cc1ccc(Cl)s1)NC(C(=O)O)C1CC1. The van der Waals surface area contributed by atoms with Crippen LogP contribution in [-0.4, -0.2) is 23.0 Å². The molecule has 0 bridgehead atoms. The average Bonchev–Trinajstić information content (AvgIpc) is 3.00. The van der Waals surface area contributed by atoms with Crippen molar-refractivity contribution in [3.8, 4) is 0 Å². The van der Waals surface area contributed by atoms with E-state index in [1.165, 1.54) is 11.3 Å². The lowest BCUT2D eigenvalue weighted by Gasteiger charge is -2.12. The topological polar surface area (TPSA) is 66.4 Å². The Morgan fingerprint density at radius 1 is 1.53 bits per heavy atom. The van der Waals surface area contributed by atoms with Crippen LogP contribution in [0.25, 0.3) is 0 Å². The number of rotatable bonds is 5. The fourth-order valence-electron chi connectivity index (χ4n) is 1.64. The zero-order valence-electron chi connectivity index (χ0n) is 8.98. The van der Waals surface area contributed by atoms with Crippen LogP contribution >= 0.6 is 22.9 Å². The normalized spacial score (nSPS) is 16.5. The number of carbonyl (C=O) groups is 2. The van der Waals surface area contributed by atoms with E-state index in [2.05, 4.69) is 5.32 Å². The van der Waals surface area contributed by atoms with Crippen molar-refractivity contribution in [3.05, 3.63) is 21.3 Å². The molecule has 1 fully saturated rings. The highest BCUT2D eigenvalue weighted by Crippen LogP contribution is 2.32. The van der Waals surface area contributed by atoms with Gasteiger partial charge in [0.15, 0.2) is 0 Å². The number of hydrogen-bond acceptors (Lipinski definition) is 3. The number of thiophene rings is 1. The molecule has 92 valence electrons. The average molecular weight is 274 g/mol. The molecule has 1 unspecified atom stereocenters. The van der Waals surface area contributed by atoms with Crippen LogP contribution in [0.15, 0.2) is 12.1 Å². The van der Waals surface area contributed by atoms with Gasteiger partial charge < -0.3 is 10.4 Å². The standard InChI is InChI=1S/C11H12ClNO3S/c12-8-4-3-7(17-8)5-9(14)13-10(11(15)16)6-1-2-6/h3-4,6,10H,1-2,5H2,(H,13,14)(H,15,16). The molecule has 0 radical (unpaired) electrons. The maximum atomic E-state index is 11.7. The number of nitrogens with one attached hydrogen (secondary N) is 1. The first-order valence-electron chi connectivity index (χ1n) is 5.32. The summed E-state index contributed by atoms with van der Waals surface area (Å²) in [5, 5.41) is 11.5. The quantitative estimate of drug-likeness (QED) is 0.861. The third-order valence-electron chi connectivity index (χ3n) is 2.64. The molecule has 2 N–H and O–H groups in total. The number of carbonyl (C=O) groups excluding carboxylic acids is 1. The van der Waals surface area contributed by atoms with Crippen molar-refractivity contribution >= 4 is 34.8 Å². The predicted molar refractivity (Wildman–Crippen MR) is 65.3 cm³/mol. The summed E-state index contributed by atoms with van der Waals surface area (Å²) in [7, 11) is 0. The first-order valence-corrected chi connectivity index (χ1v) is 6.52. The van der Waals surface area contributed by atoms with Crippen LogP contribution < -0.4 is 5.32 Å². The molecular formula is C11H12ClNO3S. The minimum Gasteiger partial charge on any atom is -0.480 e. The van der Waals surface area contributed by atoms with Crippen molar-refractivity contribution in [3.63, 3.8) is 0 Å². The molecule has 0 saturated heterocycles. The monoisotopic (exact) mass is 273 g/mol. The van der Waals surface area contributed by atoms with Crippen molar-refractivity contribution in [2.75, 3.05) is 0 Å². The Morgan fingerprint density at radius 2 is 2.24 bits per heavy atom. The van der Waals surface area contributed by atoms with Gasteiger partial charge in [-0.2, -0.15) is 0 Å². The Hall–Kier alpha value is -1.07. The largest absolute Gasteiger partial charge is 0.480 e. The van der Waals surface area contributed by atoms with Crippen molar-refractivity contribution in [2.24, 2.45) is 5.92 Å². The number of halogens is 1. The molecule has 1 atom stereocenters. The fraction of sp³-hybridized carbons (Fsp3) is 0.455. The Labute approximate surface area is 108 Å². The molecule has 1 heterocycles. The summed E-state index contributed by atoms with van der Waals surface area (Å²) in [5.74, 6) is -1.11. The summed E-state index contributed by atoms with van der Waals surface area (Å²) >= 11 is 7.09. The molecule has 4 nitrogen and oxygen atoms in total. The van der Waals surface area contributed by atoms with Gasteiger partial charge in [-0.05, 0) is 30.9 Å². The number of carboxylic acid groups (broad SMARTS) is 1. The smallest absolute Gasteiger partial charge is 0.326 e. The highest BCUT2D eigenvalue weighted by molar-refractivity contribution is 7.16. The van der Waals surface area contributed by atoms with Gasteiger partial charge in [0.25, 0.3) is 0 Å². The Balaban J connectivity index is 1.89. The van der Waals surface area contributed by atoms with E-state index in [0.717, 1.165) is 17.7 Å². The van der Waals surface area contributed by atoms with Crippen LogP contribution in [0.3, 0.4) is 0 Å². The summed E-state index contributed by atoms with van der Waals surface area (Å²) in [6.07, 6.45) is 1.94. The molecule has 0 aromatic carbocycles. The van der Waals surface area contributed by atoms with Crippen LogP contribution in [0.4, 0.5) is 0 Å². The molecule has 1 aromatic rings. The first-order chi connectivity index (χ1) is 8.06. The zero-order valence-corrected chi connectivity index (χ0v) is 10.6. The van der Waals surface area contributed by atoms with Gasteiger partial charge in [0, 0.05) is 4.88 Å². The molecular weight excluding hydrogens is 262 g/mol. The first kappa shape index (κ1) is 12.4. The lowest BCUT2D eigenvalue weighted by Crippen LogP contribution is -2.42. The highest BCUT2D eigenvalue weighted by atomic mass is 35.5. The third kappa shape index (κ3) is 3.44. The Bertz CT molecular complexity index is 442. The lowest BCUT2D eigenvalue weighted by atomic mass is 10.2. The van der Waals surface area contributed by atoms with Crippen LogP contribution in [-0.2, 0) is 16.0 Å². The van der Waals surface area contributed by atoms with Gasteiger partial charge in [-0.1, -0.05) is 11.6 Å². The molecule has 1 aliphatic carbocycles. The van der Waals surface area contributed by atoms with Gasteiger partial charge in [-0.15, -0.1) is 11.3 Å². The van der Waals surface area contributed by atoms with Gasteiger partial charge >= 0.3 is 5.97 Å². The Morgan fingerprint density at radius 3 is 2.71 bits per heavy atom. The second-order valence-corrected chi connectivity index (χ2v) is 5.90. The van der Waals surface area contributed by atoms with Crippen LogP contribution in [0.2, 0.25) is 4.34 Å². The van der Waals surface area contributed by atoms with Gasteiger partial charge in [0.05, 0.1) is 10.8 Å². The molecule has 1 aromatic heterocycles. The van der Waals surface area contributed by atoms with Crippen molar-refractivity contribution in [1.29, 1.82) is 0 Å². The van der Waals surface area contributed by atoms with E-state index in [1.54, 1.807) is 12.1 Å². The predicted octanol–water partition coefficient (Wildman–Crippen LogP) is 1.92. The molecule has 1 amide bonds. The third-order valence-corrected chi connectivity index (χ3v) is 3.87. The van der Waals surface area contributed by atoms with Crippen LogP contribution in [0.1, 0.15) is 17.7 Å². The van der Waals surface area contributed by atoms with Crippen LogP contribution in [0, 0.1) is 5.92 Å². The molecule has 1 aliphatic rings. The minimum absolute atomic E-state index is 0.100. The van der Waals surface area contributed by atoms with E-state index in [9.17, 15) is 9.59 Å². The molecule has 6 heteroatoms. The van der Waals surface area contributed by atoms with Crippen molar-refractivity contribution in [1.82, 2.24) is 5.32 Å². The van der Waals surface area contributed by atoms with Crippen molar-refractivity contribution in [2.45, 2.75) is 25.3 Å². The van der Waals surface area contributed by atoms with Crippen LogP contribution in [0.5, 0.6) is 0 Å². The van der Waals surface area contributed by atoms with E-state index in [1.807, 2.05) is 0 Å². The summed E-state index contributed by atoms with van der Waals surface area (Å²) in [6, 6.07) is 2.77. The second kappa shape index (κ2) is 5.06. The minimum atomic E-state index is -0.954. The van der Waals surface area contributed by atoms with Gasteiger partial charge in [0.1, 0.15) is 6.04 Å². The van der Waals surface area contributed by atoms with Gasteiger partial charge in [-0.3, -0.25) is 4.79 Å². The maximum Gasteiger partial charge on any atom is 0.326 e. The number of amides is 1. The lowest BCUT2D eigenvalue weighted by molar-refractivity contribution is -0.142. The second-order valence-electron chi connectivity index (χ2n) is 4.10. The number of hydrogen-bond donors (Lipinski definition) is 2. The molecule has 1 saturated carbocycles. The van der Waals surface area contributed by atoms with E-state index in [0.29, 0.717) is 4.34 Å². The van der Waals surface area contributed by atoms with Gasteiger partial charge in [-0.25, -0.2) is 4.79 Å². The van der Waals surface area contributed by atoms with Crippen molar-refractivity contribution < 1.29 is 14.7 Å². The van der Waals surface area contributed by atoms with E-state index < -0.39 is 12.0 Å². The molecule has 2 rings (SSSR count). The molecule has 0 spiro atoms. The summed E-state index contributed by atoms with van der Waals surface area (Å²) in [5.41, 5.74) is 0. The highest BCUT2D eigenvalue weighted by Gasteiger charge is 2.37. The Kier molecular flexibility index (Phi) is 3.69. The summed E-state index contributed by atoms with van der Waals surface area (Å²) in [6.45, 7) is 0. The number of carboxylic acids is 1. The molecule has 17 heavy (non-hydrogen) atoms. The summed E-state index contributed by atoms with van der Waals surface area (Å²) in [4.78, 5) is 23.4. The van der Waals surface area contributed by atoms with Gasteiger partial charge in [0.2, 0.25) is 5.91 Å². The molecule has 0 aliphatic heterocycles. The fourth-order valence-corrected chi connectivity index (χ4v) is 2.73. The number of aliphatic carboxylic acids is 1. The zero-order chi connectivity index (χ0) is 12.4. The van der Waals surface area contributed by atoms with E-state index in [-0.39, 0.29) is 18.2 Å². The summed E-state index contributed by atoms with van der Waals surface area (Å²) < 4.78 is 0.629. The van der Waals surface area contributed by atoms with E-state index in [4.69, 9.17) is 16.7 Å².